The molecule has 1 N–H and O–H groups in total. The van der Waals surface area contributed by atoms with Crippen molar-refractivity contribution in [2.75, 3.05) is 6.54 Å². The van der Waals surface area contributed by atoms with Crippen LogP contribution < -0.4 is 0 Å². The molecule has 0 aromatic rings. The second-order valence-electron chi connectivity index (χ2n) is 2.56. The number of carbonyl (C=O) groups is 2. The zero-order valence-corrected chi connectivity index (χ0v) is 7.53. The summed E-state index contributed by atoms with van der Waals surface area (Å²) in [5, 5.41) is 0. The highest BCUT2D eigenvalue weighted by Gasteiger charge is 2.35. The van der Waals surface area contributed by atoms with Gasteiger partial charge >= 0.3 is 12.4 Å². The number of rotatable bonds is 3. The fraction of sp³-hybridized carbons (Fsp3) is 0.667. The smallest absolute Gasteiger partial charge is 0.331 e. The minimum atomic E-state index is -2.18. The van der Waals surface area contributed by atoms with Gasteiger partial charge in [0.05, 0.1) is 0 Å². The highest BCUT2D eigenvalue weighted by atomic mass is 32.2. The molecular weight excluding hydrogens is 198 g/mol. The fourth-order valence-corrected chi connectivity index (χ4v) is 1.98. The Morgan fingerprint density at radius 1 is 1.69 bits per heavy atom. The summed E-state index contributed by atoms with van der Waals surface area (Å²) in [4.78, 5) is 20.9. The first-order valence-electron chi connectivity index (χ1n) is 3.68. The second kappa shape index (κ2) is 4.45. The molecule has 0 bridgehead atoms. The van der Waals surface area contributed by atoms with Crippen LogP contribution in [0.4, 0.5) is 0 Å². The first-order chi connectivity index (χ1) is 6.16. The molecule has 2 unspecified atom stereocenters. The lowest BCUT2D eigenvalue weighted by molar-refractivity contribution is -0.154. The maximum absolute atomic E-state index is 11.0. The first-order valence-corrected chi connectivity index (χ1v) is 4.75. The molecule has 1 aliphatic heterocycles. The average Bonchev–Trinajstić information content (AvgIpc) is 2.52. The third-order valence-corrected chi connectivity index (χ3v) is 2.68. The molecule has 0 radical (unpaired) electrons. The van der Waals surface area contributed by atoms with Crippen LogP contribution in [0.5, 0.6) is 0 Å². The molecule has 0 aromatic carbocycles. The lowest BCUT2D eigenvalue weighted by Crippen LogP contribution is -2.38. The van der Waals surface area contributed by atoms with Gasteiger partial charge in [-0.1, -0.05) is 0 Å². The van der Waals surface area contributed by atoms with E-state index in [4.69, 9.17) is 4.55 Å². The van der Waals surface area contributed by atoms with E-state index in [1.807, 2.05) is 0 Å². The molecule has 0 aromatic heterocycles. The van der Waals surface area contributed by atoms with Crippen LogP contribution in [-0.2, 0) is 25.6 Å². The summed E-state index contributed by atoms with van der Waals surface area (Å²) in [6.07, 6.45) is 1.09. The highest BCUT2D eigenvalue weighted by molar-refractivity contribution is 7.76. The van der Waals surface area contributed by atoms with Crippen LogP contribution >= 0.6 is 0 Å². The normalized spacial score (nSPS) is 25.5. The molecule has 1 fully saturated rings. The second-order valence-corrected chi connectivity index (χ2v) is 3.49. The Labute approximate surface area is 77.3 Å². The van der Waals surface area contributed by atoms with Gasteiger partial charge in [0.2, 0.25) is 11.3 Å². The van der Waals surface area contributed by atoms with Crippen molar-refractivity contribution in [3.05, 3.63) is 0 Å². The quantitative estimate of drug-likeness (QED) is 0.286. The van der Waals surface area contributed by atoms with Crippen LogP contribution in [0.15, 0.2) is 0 Å². The van der Waals surface area contributed by atoms with Crippen LogP contribution in [0.2, 0.25) is 0 Å². The van der Waals surface area contributed by atoms with E-state index >= 15 is 0 Å². The van der Waals surface area contributed by atoms with Gasteiger partial charge in [-0.25, -0.2) is 9.00 Å². The third-order valence-electron chi connectivity index (χ3n) is 1.84. The maximum Gasteiger partial charge on any atom is 0.331 e. The van der Waals surface area contributed by atoms with Gasteiger partial charge in [0.1, 0.15) is 6.04 Å². The van der Waals surface area contributed by atoms with Crippen molar-refractivity contribution in [3.63, 3.8) is 0 Å². The minimum Gasteiger partial charge on any atom is -0.394 e. The van der Waals surface area contributed by atoms with Crippen molar-refractivity contribution in [2.45, 2.75) is 18.9 Å². The van der Waals surface area contributed by atoms with E-state index in [9.17, 15) is 13.8 Å². The molecule has 13 heavy (non-hydrogen) atoms. The van der Waals surface area contributed by atoms with Gasteiger partial charge in [-0.3, -0.25) is 9.35 Å². The average molecular weight is 207 g/mol. The lowest BCUT2D eigenvalue weighted by atomic mass is 10.2. The summed E-state index contributed by atoms with van der Waals surface area (Å²) >= 11 is -2.18. The first kappa shape index (κ1) is 10.3. The van der Waals surface area contributed by atoms with Crippen molar-refractivity contribution in [1.29, 1.82) is 0 Å². The third kappa shape index (κ3) is 2.33. The van der Waals surface area contributed by atoms with E-state index < -0.39 is 23.3 Å². The van der Waals surface area contributed by atoms with Gasteiger partial charge < -0.3 is 4.74 Å². The van der Waals surface area contributed by atoms with Crippen LogP contribution in [0.25, 0.3) is 0 Å². The number of esters is 1. The molecule has 74 valence electrons. The predicted molar refractivity (Wildman–Crippen MR) is 42.7 cm³/mol. The lowest BCUT2D eigenvalue weighted by Gasteiger charge is -2.16. The topological polar surface area (TPSA) is 83.9 Å². The van der Waals surface area contributed by atoms with E-state index in [1.165, 1.54) is 0 Å². The van der Waals surface area contributed by atoms with Crippen molar-refractivity contribution in [3.8, 4) is 0 Å². The van der Waals surface area contributed by atoms with E-state index in [2.05, 4.69) is 4.74 Å². The zero-order valence-electron chi connectivity index (χ0n) is 6.71. The molecule has 1 rings (SSSR count). The minimum absolute atomic E-state index is 0.0269. The summed E-state index contributed by atoms with van der Waals surface area (Å²) in [6, 6.07) is -0.768. The van der Waals surface area contributed by atoms with Gasteiger partial charge in [0.25, 0.3) is 0 Å². The number of ether oxygens (including phenoxy) is 1. The Hall–Kier alpha value is -0.790. The molecule has 0 spiro atoms. The van der Waals surface area contributed by atoms with Gasteiger partial charge in [-0.15, -0.1) is 0 Å². The number of nitrogens with zero attached hydrogens (tertiary/aromatic N) is 1. The molecule has 7 heteroatoms. The highest BCUT2D eigenvalue weighted by Crippen LogP contribution is 2.19. The molecule has 1 aliphatic rings. The summed E-state index contributed by atoms with van der Waals surface area (Å²) in [5.41, 5.74) is 0. The van der Waals surface area contributed by atoms with Gasteiger partial charge in [0.15, 0.2) is 0 Å². The zero-order chi connectivity index (χ0) is 9.84. The molecule has 2 atom stereocenters. The largest absolute Gasteiger partial charge is 0.394 e. The van der Waals surface area contributed by atoms with Crippen molar-refractivity contribution >= 4 is 23.7 Å². The molecule has 0 aliphatic carbocycles. The Bertz CT molecular complexity index is 243. The number of hydrogen-bond acceptors (Lipinski definition) is 4. The summed E-state index contributed by atoms with van der Waals surface area (Å²) < 4.78 is 24.6. The van der Waals surface area contributed by atoms with Crippen LogP contribution in [-0.4, -0.2) is 38.1 Å². The van der Waals surface area contributed by atoms with E-state index in [0.29, 0.717) is 19.4 Å². The fourth-order valence-electron chi connectivity index (χ4n) is 1.29. The van der Waals surface area contributed by atoms with Crippen molar-refractivity contribution in [2.24, 2.45) is 0 Å². The van der Waals surface area contributed by atoms with Crippen LogP contribution in [0, 0.1) is 0 Å². The number of hydrogen-bond donors (Lipinski definition) is 1. The Kier molecular flexibility index (Phi) is 3.52. The summed E-state index contributed by atoms with van der Waals surface area (Å²) in [5.74, 6) is -0.769. The van der Waals surface area contributed by atoms with Gasteiger partial charge in [-0.05, 0) is 12.8 Å². The van der Waals surface area contributed by atoms with E-state index in [1.54, 1.807) is 0 Å². The van der Waals surface area contributed by atoms with Gasteiger partial charge in [-0.2, -0.15) is 4.31 Å². The molecule has 0 amide bonds. The molecule has 6 nitrogen and oxygen atoms in total. The summed E-state index contributed by atoms with van der Waals surface area (Å²) in [7, 11) is 0. The van der Waals surface area contributed by atoms with Crippen LogP contribution in [0.3, 0.4) is 0 Å². The molecule has 1 heterocycles. The van der Waals surface area contributed by atoms with Gasteiger partial charge in [0, 0.05) is 6.54 Å². The Balaban J connectivity index is 2.62. The Morgan fingerprint density at radius 2 is 2.38 bits per heavy atom. The van der Waals surface area contributed by atoms with Crippen LogP contribution in [0.1, 0.15) is 12.8 Å². The standard InChI is InChI=1S/C6H9NO5S/c8-4-12-6(9)5-2-1-3-7(5)13(10)11/h4-5H,1-3H2,(H,10,11). The Morgan fingerprint density at radius 3 is 2.92 bits per heavy atom. The van der Waals surface area contributed by atoms with E-state index in [-0.39, 0.29) is 6.47 Å². The SMILES string of the molecule is O=COC(=O)C1CCCN1S(=O)O. The van der Waals surface area contributed by atoms with Crippen molar-refractivity contribution in [1.82, 2.24) is 4.31 Å². The number of carbonyl (C=O) groups excluding carboxylic acids is 2. The monoisotopic (exact) mass is 207 g/mol. The maximum atomic E-state index is 11.0. The van der Waals surface area contributed by atoms with Crippen molar-refractivity contribution < 1.29 is 23.1 Å². The predicted octanol–water partition coefficient (Wildman–Crippen LogP) is -0.713. The molecular formula is C6H9NO5S. The molecule has 1 saturated heterocycles. The van der Waals surface area contributed by atoms with E-state index in [0.717, 1.165) is 4.31 Å². The molecule has 0 saturated carbocycles. The summed E-state index contributed by atoms with van der Waals surface area (Å²) in [6.45, 7) is 0.390.